The molecule has 2 amide bonds. The zero-order valence-electron chi connectivity index (χ0n) is 14.7. The molecule has 0 atom stereocenters. The lowest BCUT2D eigenvalue weighted by atomic mass is 10.1. The van der Waals surface area contributed by atoms with Crippen LogP contribution in [0, 0.1) is 0 Å². The molecule has 0 radical (unpaired) electrons. The van der Waals surface area contributed by atoms with Gasteiger partial charge in [0.2, 0.25) is 0 Å². The lowest BCUT2D eigenvalue weighted by Gasteiger charge is -2.10. The summed E-state index contributed by atoms with van der Waals surface area (Å²) in [4.78, 5) is 25.1. The quantitative estimate of drug-likeness (QED) is 0.463. The second kappa shape index (κ2) is 8.70. The van der Waals surface area contributed by atoms with Crippen LogP contribution in [0.15, 0.2) is 71.1 Å². The molecule has 2 N–H and O–H groups in total. The van der Waals surface area contributed by atoms with Gasteiger partial charge in [-0.2, -0.15) is 18.3 Å². The van der Waals surface area contributed by atoms with Gasteiger partial charge in [0.15, 0.2) is 0 Å². The number of halogens is 3. The largest absolute Gasteiger partial charge is 0.417 e. The van der Waals surface area contributed by atoms with Crippen molar-refractivity contribution in [3.63, 3.8) is 0 Å². The molecule has 0 spiro atoms. The molecule has 0 unspecified atom stereocenters. The van der Waals surface area contributed by atoms with Crippen molar-refractivity contribution in [1.29, 1.82) is 0 Å². The number of thiophene rings is 1. The molecule has 2 aromatic carbocycles. The molecular formula is C20H14F3N3O2S. The van der Waals surface area contributed by atoms with E-state index in [1.807, 2.05) is 0 Å². The Hall–Kier alpha value is -3.46. The van der Waals surface area contributed by atoms with Crippen LogP contribution in [-0.2, 0) is 6.18 Å². The van der Waals surface area contributed by atoms with E-state index in [0.29, 0.717) is 4.88 Å². The molecule has 0 saturated heterocycles. The van der Waals surface area contributed by atoms with Gasteiger partial charge in [-0.05, 0) is 29.6 Å². The first-order valence-corrected chi connectivity index (χ1v) is 9.18. The number of rotatable bonds is 5. The highest BCUT2D eigenvalue weighted by atomic mass is 32.1. The first kappa shape index (κ1) is 20.3. The highest BCUT2D eigenvalue weighted by Gasteiger charge is 2.32. The molecule has 0 saturated carbocycles. The summed E-state index contributed by atoms with van der Waals surface area (Å²) in [6.45, 7) is 0. The number of nitrogens with one attached hydrogen (secondary N) is 2. The molecule has 1 heterocycles. The molecule has 0 aliphatic rings. The Labute approximate surface area is 167 Å². The lowest BCUT2D eigenvalue weighted by molar-refractivity contribution is -0.137. The molecule has 3 aromatic rings. The van der Waals surface area contributed by atoms with Crippen LogP contribution in [0.4, 0.5) is 18.9 Å². The fourth-order valence-electron chi connectivity index (χ4n) is 2.47. The van der Waals surface area contributed by atoms with Gasteiger partial charge in [-0.25, -0.2) is 5.43 Å². The molecule has 0 aliphatic heterocycles. The van der Waals surface area contributed by atoms with E-state index >= 15 is 0 Å². The van der Waals surface area contributed by atoms with Crippen LogP contribution < -0.4 is 10.7 Å². The van der Waals surface area contributed by atoms with E-state index in [9.17, 15) is 22.8 Å². The SMILES string of the molecule is O=C(Nc1ccccc1C(=O)N/N=C/c1ccccc1C(F)(F)F)c1cccs1. The Bertz CT molecular complexity index is 1050. The molecule has 29 heavy (non-hydrogen) atoms. The van der Waals surface area contributed by atoms with Crippen LogP contribution in [0.25, 0.3) is 0 Å². The number of alkyl halides is 3. The molecule has 1 aromatic heterocycles. The summed E-state index contributed by atoms with van der Waals surface area (Å²) >= 11 is 1.25. The Morgan fingerprint density at radius 1 is 0.931 bits per heavy atom. The fraction of sp³-hybridized carbons (Fsp3) is 0.0500. The van der Waals surface area contributed by atoms with Gasteiger partial charge in [0.05, 0.1) is 27.9 Å². The summed E-state index contributed by atoms with van der Waals surface area (Å²) in [5.74, 6) is -1.05. The van der Waals surface area contributed by atoms with E-state index in [1.54, 1.807) is 35.7 Å². The Kier molecular flexibility index (Phi) is 6.08. The van der Waals surface area contributed by atoms with Crippen LogP contribution >= 0.6 is 11.3 Å². The van der Waals surface area contributed by atoms with E-state index in [1.165, 1.54) is 35.6 Å². The Balaban J connectivity index is 1.74. The van der Waals surface area contributed by atoms with Crippen molar-refractivity contribution in [3.05, 3.63) is 87.6 Å². The predicted molar refractivity (Wildman–Crippen MR) is 105 cm³/mol. The zero-order chi connectivity index (χ0) is 20.9. The summed E-state index contributed by atoms with van der Waals surface area (Å²) < 4.78 is 39.0. The molecule has 0 fully saturated rings. The number of anilines is 1. The maximum Gasteiger partial charge on any atom is 0.417 e. The molecule has 0 bridgehead atoms. The second-order valence-electron chi connectivity index (χ2n) is 5.76. The number of hydrazone groups is 1. The van der Waals surface area contributed by atoms with Gasteiger partial charge in [0.25, 0.3) is 11.8 Å². The number of para-hydroxylation sites is 1. The van der Waals surface area contributed by atoms with Crippen molar-refractivity contribution >= 4 is 35.1 Å². The molecule has 9 heteroatoms. The monoisotopic (exact) mass is 417 g/mol. The number of carbonyl (C=O) groups excluding carboxylic acids is 2. The Morgan fingerprint density at radius 3 is 2.38 bits per heavy atom. The number of hydrogen-bond acceptors (Lipinski definition) is 4. The normalized spacial score (nSPS) is 11.4. The van der Waals surface area contributed by atoms with Crippen molar-refractivity contribution in [2.24, 2.45) is 5.10 Å². The number of hydrogen-bond donors (Lipinski definition) is 2. The van der Waals surface area contributed by atoms with E-state index in [2.05, 4.69) is 15.8 Å². The smallest absolute Gasteiger partial charge is 0.321 e. The first-order valence-electron chi connectivity index (χ1n) is 8.30. The van der Waals surface area contributed by atoms with Crippen molar-refractivity contribution in [1.82, 2.24) is 5.43 Å². The summed E-state index contributed by atoms with van der Waals surface area (Å²) in [6, 6.07) is 14.5. The predicted octanol–water partition coefficient (Wildman–Crippen LogP) is 4.78. The Morgan fingerprint density at radius 2 is 1.66 bits per heavy atom. The molecule has 0 aliphatic carbocycles. The van der Waals surface area contributed by atoms with Crippen molar-refractivity contribution < 1.29 is 22.8 Å². The van der Waals surface area contributed by atoms with Gasteiger partial charge in [0.1, 0.15) is 0 Å². The summed E-state index contributed by atoms with van der Waals surface area (Å²) in [6.07, 6.45) is -3.61. The van der Waals surface area contributed by atoms with E-state index < -0.39 is 17.6 Å². The van der Waals surface area contributed by atoms with E-state index in [0.717, 1.165) is 12.3 Å². The lowest BCUT2D eigenvalue weighted by Crippen LogP contribution is -2.21. The summed E-state index contributed by atoms with van der Waals surface area (Å²) in [5.41, 5.74) is 1.53. The van der Waals surface area contributed by atoms with Crippen LogP contribution in [-0.4, -0.2) is 18.0 Å². The number of nitrogens with zero attached hydrogens (tertiary/aromatic N) is 1. The van der Waals surface area contributed by atoms with E-state index in [4.69, 9.17) is 0 Å². The van der Waals surface area contributed by atoms with Gasteiger partial charge in [-0.1, -0.05) is 36.4 Å². The third kappa shape index (κ3) is 5.08. The number of amides is 2. The third-order valence-corrected chi connectivity index (χ3v) is 4.67. The fourth-order valence-corrected chi connectivity index (χ4v) is 3.09. The van der Waals surface area contributed by atoms with Gasteiger partial charge in [-0.3, -0.25) is 9.59 Å². The minimum absolute atomic E-state index is 0.124. The standard InChI is InChI=1S/C20H14F3N3O2S/c21-20(22,23)15-8-3-1-6-13(15)12-24-26-18(27)14-7-2-4-9-16(14)25-19(28)17-10-5-11-29-17/h1-12H,(H,25,28)(H,26,27)/b24-12+. The highest BCUT2D eigenvalue weighted by Crippen LogP contribution is 2.31. The van der Waals surface area contributed by atoms with Crippen LogP contribution in [0.3, 0.4) is 0 Å². The summed E-state index contributed by atoms with van der Waals surface area (Å²) in [5, 5.41) is 8.02. The van der Waals surface area contributed by atoms with Crippen molar-refractivity contribution in [3.8, 4) is 0 Å². The number of carbonyl (C=O) groups is 2. The summed E-state index contributed by atoms with van der Waals surface area (Å²) in [7, 11) is 0. The average molecular weight is 417 g/mol. The van der Waals surface area contributed by atoms with Gasteiger partial charge < -0.3 is 5.32 Å². The first-order chi connectivity index (χ1) is 13.9. The molecule has 148 valence electrons. The van der Waals surface area contributed by atoms with E-state index in [-0.39, 0.29) is 22.7 Å². The molecule has 3 rings (SSSR count). The minimum atomic E-state index is -4.54. The highest BCUT2D eigenvalue weighted by molar-refractivity contribution is 7.12. The van der Waals surface area contributed by atoms with Crippen molar-refractivity contribution in [2.45, 2.75) is 6.18 Å². The maximum absolute atomic E-state index is 13.0. The van der Waals surface area contributed by atoms with Crippen LogP contribution in [0.5, 0.6) is 0 Å². The molecular weight excluding hydrogens is 403 g/mol. The van der Waals surface area contributed by atoms with Crippen molar-refractivity contribution in [2.75, 3.05) is 5.32 Å². The van der Waals surface area contributed by atoms with Gasteiger partial charge in [0, 0.05) is 5.56 Å². The second-order valence-corrected chi connectivity index (χ2v) is 6.71. The topological polar surface area (TPSA) is 70.6 Å². The van der Waals surface area contributed by atoms with Crippen LogP contribution in [0.2, 0.25) is 0 Å². The van der Waals surface area contributed by atoms with Gasteiger partial charge in [-0.15, -0.1) is 11.3 Å². The van der Waals surface area contributed by atoms with Crippen LogP contribution in [0.1, 0.15) is 31.2 Å². The average Bonchev–Trinajstić information content (AvgIpc) is 3.23. The minimum Gasteiger partial charge on any atom is -0.321 e. The molecule has 5 nitrogen and oxygen atoms in total. The number of benzene rings is 2. The third-order valence-electron chi connectivity index (χ3n) is 3.80. The zero-order valence-corrected chi connectivity index (χ0v) is 15.6. The maximum atomic E-state index is 13.0. The van der Waals surface area contributed by atoms with Gasteiger partial charge >= 0.3 is 6.18 Å².